The first kappa shape index (κ1) is 12.6. The highest BCUT2D eigenvalue weighted by Gasteiger charge is 2.10. The molecule has 0 spiro atoms. The lowest BCUT2D eigenvalue weighted by Gasteiger charge is -2.09. The first-order chi connectivity index (χ1) is 7.63. The minimum absolute atomic E-state index is 0.352. The molecule has 0 saturated carbocycles. The van der Waals surface area contributed by atoms with Crippen LogP contribution in [0.4, 0.5) is 0 Å². The lowest BCUT2D eigenvalue weighted by molar-refractivity contribution is -0.141. The van der Waals surface area contributed by atoms with Crippen LogP contribution in [-0.2, 0) is 11.2 Å². The molecule has 0 aliphatic heterocycles. The maximum atomic E-state index is 10.6. The molecule has 3 heteroatoms. The Kier molecular flexibility index (Phi) is 4.83. The number of ether oxygens (including phenoxy) is 1. The molecule has 0 amide bonds. The maximum Gasteiger partial charge on any atom is 0.306 e. The molecule has 0 fully saturated rings. The van der Waals surface area contributed by atoms with Gasteiger partial charge in [0.25, 0.3) is 0 Å². The van der Waals surface area contributed by atoms with Crippen molar-refractivity contribution in [2.24, 2.45) is 5.92 Å². The van der Waals surface area contributed by atoms with Gasteiger partial charge in [0.15, 0.2) is 0 Å². The van der Waals surface area contributed by atoms with Crippen LogP contribution >= 0.6 is 0 Å². The second-order valence-electron chi connectivity index (χ2n) is 3.88. The van der Waals surface area contributed by atoms with Gasteiger partial charge in [0.1, 0.15) is 5.75 Å². The normalized spacial score (nSPS) is 12.1. The Hall–Kier alpha value is -1.51. The van der Waals surface area contributed by atoms with Crippen LogP contribution in [0.3, 0.4) is 0 Å². The van der Waals surface area contributed by atoms with Crippen molar-refractivity contribution in [1.82, 2.24) is 0 Å². The summed E-state index contributed by atoms with van der Waals surface area (Å²) in [5.41, 5.74) is 1.23. The second kappa shape index (κ2) is 6.16. The fourth-order valence-corrected chi connectivity index (χ4v) is 1.33. The van der Waals surface area contributed by atoms with Crippen molar-refractivity contribution in [1.29, 1.82) is 0 Å². The zero-order valence-corrected chi connectivity index (χ0v) is 9.77. The van der Waals surface area contributed by atoms with E-state index in [9.17, 15) is 4.79 Å². The van der Waals surface area contributed by atoms with Crippen LogP contribution < -0.4 is 4.74 Å². The SMILES string of the molecule is CCc1cccc(OCCC(C)C(=O)O)c1. The van der Waals surface area contributed by atoms with Crippen LogP contribution in [-0.4, -0.2) is 17.7 Å². The topological polar surface area (TPSA) is 46.5 Å². The van der Waals surface area contributed by atoms with Gasteiger partial charge in [-0.15, -0.1) is 0 Å². The lowest BCUT2D eigenvalue weighted by Crippen LogP contribution is -2.13. The molecular weight excluding hydrogens is 204 g/mol. The molecule has 3 nitrogen and oxygen atoms in total. The van der Waals surface area contributed by atoms with Gasteiger partial charge in [-0.25, -0.2) is 0 Å². The van der Waals surface area contributed by atoms with Crippen molar-refractivity contribution in [2.75, 3.05) is 6.61 Å². The molecule has 0 saturated heterocycles. The summed E-state index contributed by atoms with van der Waals surface area (Å²) in [5, 5.41) is 8.71. The number of aliphatic carboxylic acids is 1. The van der Waals surface area contributed by atoms with Crippen molar-refractivity contribution in [3.8, 4) is 5.75 Å². The molecule has 0 heterocycles. The number of hydrogen-bond acceptors (Lipinski definition) is 2. The summed E-state index contributed by atoms with van der Waals surface area (Å²) in [5.74, 6) is -0.308. The third-order valence-corrected chi connectivity index (χ3v) is 2.55. The summed E-state index contributed by atoms with van der Waals surface area (Å²) in [4.78, 5) is 10.6. The molecule has 1 rings (SSSR count). The van der Waals surface area contributed by atoms with E-state index in [2.05, 4.69) is 6.92 Å². The number of carboxylic acids is 1. The van der Waals surface area contributed by atoms with Crippen LogP contribution in [0.2, 0.25) is 0 Å². The van der Waals surface area contributed by atoms with Gasteiger partial charge in [0.2, 0.25) is 0 Å². The average Bonchev–Trinajstić information content (AvgIpc) is 2.29. The quantitative estimate of drug-likeness (QED) is 0.805. The first-order valence-electron chi connectivity index (χ1n) is 5.58. The van der Waals surface area contributed by atoms with Gasteiger partial charge in [-0.1, -0.05) is 26.0 Å². The smallest absolute Gasteiger partial charge is 0.306 e. The molecule has 0 radical (unpaired) electrons. The van der Waals surface area contributed by atoms with Crippen LogP contribution in [0, 0.1) is 5.92 Å². The highest BCUT2D eigenvalue weighted by Crippen LogP contribution is 2.14. The number of benzene rings is 1. The average molecular weight is 222 g/mol. The summed E-state index contributed by atoms with van der Waals surface area (Å²) in [6.07, 6.45) is 1.51. The van der Waals surface area contributed by atoms with Crippen molar-refractivity contribution in [3.63, 3.8) is 0 Å². The molecule has 88 valence electrons. The summed E-state index contributed by atoms with van der Waals surface area (Å²) in [6.45, 7) is 4.22. The van der Waals surface area contributed by atoms with E-state index in [0.29, 0.717) is 13.0 Å². The van der Waals surface area contributed by atoms with Crippen molar-refractivity contribution >= 4 is 5.97 Å². The van der Waals surface area contributed by atoms with E-state index in [1.807, 2.05) is 24.3 Å². The van der Waals surface area contributed by atoms with E-state index in [1.54, 1.807) is 6.92 Å². The molecule has 0 aromatic heterocycles. The molecule has 0 aliphatic rings. The molecule has 0 bridgehead atoms. The monoisotopic (exact) mass is 222 g/mol. The molecule has 1 aromatic carbocycles. The minimum atomic E-state index is -0.772. The predicted octanol–water partition coefficient (Wildman–Crippen LogP) is 2.74. The molecule has 0 aliphatic carbocycles. The molecule has 16 heavy (non-hydrogen) atoms. The predicted molar refractivity (Wildman–Crippen MR) is 62.7 cm³/mol. The van der Waals surface area contributed by atoms with Crippen LogP contribution in [0.25, 0.3) is 0 Å². The lowest BCUT2D eigenvalue weighted by atomic mass is 10.1. The number of aryl methyl sites for hydroxylation is 1. The molecule has 1 aromatic rings. The fraction of sp³-hybridized carbons (Fsp3) is 0.462. The minimum Gasteiger partial charge on any atom is -0.494 e. The number of carboxylic acid groups (broad SMARTS) is 1. The first-order valence-corrected chi connectivity index (χ1v) is 5.58. The van der Waals surface area contributed by atoms with E-state index in [0.717, 1.165) is 12.2 Å². The van der Waals surface area contributed by atoms with Gasteiger partial charge >= 0.3 is 5.97 Å². The van der Waals surface area contributed by atoms with Gasteiger partial charge in [-0.2, -0.15) is 0 Å². The summed E-state index contributed by atoms with van der Waals surface area (Å²) in [7, 11) is 0. The molecule has 1 unspecified atom stereocenters. The van der Waals surface area contributed by atoms with E-state index in [-0.39, 0.29) is 5.92 Å². The second-order valence-corrected chi connectivity index (χ2v) is 3.88. The number of carbonyl (C=O) groups is 1. The largest absolute Gasteiger partial charge is 0.494 e. The van der Waals surface area contributed by atoms with Crippen LogP contribution in [0.5, 0.6) is 5.75 Å². The van der Waals surface area contributed by atoms with Gasteiger partial charge in [-0.3, -0.25) is 4.79 Å². The van der Waals surface area contributed by atoms with Gasteiger partial charge in [-0.05, 0) is 30.5 Å². The third kappa shape index (κ3) is 3.93. The zero-order valence-electron chi connectivity index (χ0n) is 9.77. The highest BCUT2D eigenvalue weighted by atomic mass is 16.5. The molecule has 1 atom stereocenters. The molecule has 1 N–H and O–H groups in total. The van der Waals surface area contributed by atoms with Gasteiger partial charge < -0.3 is 9.84 Å². The van der Waals surface area contributed by atoms with E-state index in [1.165, 1.54) is 5.56 Å². The Morgan fingerprint density at radius 2 is 2.25 bits per heavy atom. The van der Waals surface area contributed by atoms with Crippen LogP contribution in [0.1, 0.15) is 25.8 Å². The van der Waals surface area contributed by atoms with Crippen molar-refractivity contribution < 1.29 is 14.6 Å². The Labute approximate surface area is 96.1 Å². The summed E-state index contributed by atoms with van der Waals surface area (Å²) < 4.78 is 5.51. The third-order valence-electron chi connectivity index (χ3n) is 2.55. The van der Waals surface area contributed by atoms with Crippen molar-refractivity contribution in [3.05, 3.63) is 29.8 Å². The Bertz CT molecular complexity index is 347. The van der Waals surface area contributed by atoms with E-state index < -0.39 is 5.97 Å². The number of hydrogen-bond donors (Lipinski definition) is 1. The number of rotatable bonds is 6. The van der Waals surface area contributed by atoms with E-state index in [4.69, 9.17) is 9.84 Å². The van der Waals surface area contributed by atoms with Gasteiger partial charge in [0.05, 0.1) is 12.5 Å². The Morgan fingerprint density at radius 3 is 2.88 bits per heavy atom. The fourth-order valence-electron chi connectivity index (χ4n) is 1.33. The van der Waals surface area contributed by atoms with E-state index >= 15 is 0 Å². The summed E-state index contributed by atoms with van der Waals surface area (Å²) >= 11 is 0. The summed E-state index contributed by atoms with van der Waals surface area (Å²) in [6, 6.07) is 7.89. The zero-order chi connectivity index (χ0) is 12.0. The standard InChI is InChI=1S/C13H18O3/c1-3-11-5-4-6-12(9-11)16-8-7-10(2)13(14)15/h4-6,9-10H,3,7-8H2,1-2H3,(H,14,15). The highest BCUT2D eigenvalue weighted by molar-refractivity contribution is 5.69. The van der Waals surface area contributed by atoms with Crippen molar-refractivity contribution in [2.45, 2.75) is 26.7 Å². The van der Waals surface area contributed by atoms with Gasteiger partial charge in [0, 0.05) is 0 Å². The Morgan fingerprint density at radius 1 is 1.50 bits per heavy atom. The Balaban J connectivity index is 2.39. The maximum absolute atomic E-state index is 10.6. The molecular formula is C13H18O3. The van der Waals surface area contributed by atoms with Crippen LogP contribution in [0.15, 0.2) is 24.3 Å².